The Kier molecular flexibility index (Phi) is 17.5. The maximum atomic E-state index is 12.4. The van der Waals surface area contributed by atoms with Crippen LogP contribution in [-0.2, 0) is 19.1 Å². The van der Waals surface area contributed by atoms with Crippen LogP contribution in [0.1, 0.15) is 118 Å². The minimum Gasteiger partial charge on any atom is -0.478 e. The van der Waals surface area contributed by atoms with E-state index in [2.05, 4.69) is 19.1 Å². The molecule has 0 bridgehead atoms. The maximum Gasteiger partial charge on any atom is 0.350 e. The number of rotatable bonds is 22. The molecule has 1 atom stereocenters. The van der Waals surface area contributed by atoms with Crippen molar-refractivity contribution in [2.75, 3.05) is 13.2 Å². The van der Waals surface area contributed by atoms with Gasteiger partial charge in [0.1, 0.15) is 5.60 Å². The largest absolute Gasteiger partial charge is 0.478 e. The molecule has 0 aliphatic heterocycles. The smallest absolute Gasteiger partial charge is 0.350 e. The number of nitrogens with two attached hydrogens (primary N) is 1. The molecule has 1 unspecified atom stereocenters. The first-order valence-corrected chi connectivity index (χ1v) is 12.6. The zero-order chi connectivity index (χ0) is 24.3. The molecule has 6 nitrogen and oxygen atoms in total. The van der Waals surface area contributed by atoms with E-state index in [1.54, 1.807) is 13.8 Å². The molecule has 0 aromatic carbocycles. The van der Waals surface area contributed by atoms with E-state index in [-0.39, 0.29) is 19.0 Å². The third kappa shape index (κ3) is 16.4. The van der Waals surface area contributed by atoms with Crippen LogP contribution in [0.15, 0.2) is 12.2 Å². The van der Waals surface area contributed by atoms with Crippen molar-refractivity contribution in [1.82, 2.24) is 0 Å². The van der Waals surface area contributed by atoms with Crippen molar-refractivity contribution in [2.24, 2.45) is 5.73 Å². The lowest BCUT2D eigenvalue weighted by molar-refractivity contribution is -0.168. The fourth-order valence-electron chi connectivity index (χ4n) is 3.35. The number of carbonyl (C=O) groups is 2. The molecule has 0 spiro atoms. The number of aliphatic carboxylic acids is 1. The van der Waals surface area contributed by atoms with Crippen LogP contribution in [0, 0.1) is 0 Å². The summed E-state index contributed by atoms with van der Waals surface area (Å²) in [6, 6.07) is 0. The van der Waals surface area contributed by atoms with Gasteiger partial charge in [-0.15, -0.1) is 0 Å². The fraction of sp³-hybridized carbons (Fsp3) is 0.846. The van der Waals surface area contributed by atoms with Crippen LogP contribution in [0.5, 0.6) is 0 Å². The zero-order valence-electron chi connectivity index (χ0n) is 21.1. The van der Waals surface area contributed by atoms with Gasteiger partial charge < -0.3 is 14.6 Å². The second-order valence-corrected chi connectivity index (χ2v) is 9.38. The summed E-state index contributed by atoms with van der Waals surface area (Å²) in [7, 11) is 0. The molecular weight excluding hydrogens is 406 g/mol. The third-order valence-corrected chi connectivity index (χ3v) is 5.71. The molecule has 6 heteroatoms. The number of hydrogen-bond acceptors (Lipinski definition) is 5. The lowest BCUT2D eigenvalue weighted by Crippen LogP contribution is -2.48. The number of carboxylic acid groups (broad SMARTS) is 1. The lowest BCUT2D eigenvalue weighted by Gasteiger charge is -2.25. The van der Waals surface area contributed by atoms with Crippen molar-refractivity contribution in [3.8, 4) is 0 Å². The molecule has 0 amide bonds. The van der Waals surface area contributed by atoms with Crippen molar-refractivity contribution < 1.29 is 24.2 Å². The average molecular weight is 456 g/mol. The van der Waals surface area contributed by atoms with Gasteiger partial charge in [-0.05, 0) is 52.9 Å². The van der Waals surface area contributed by atoms with Crippen LogP contribution in [0.2, 0.25) is 0 Å². The second kappa shape index (κ2) is 18.2. The van der Waals surface area contributed by atoms with Gasteiger partial charge in [-0.2, -0.15) is 0 Å². The molecular formula is C26H49NO5. The van der Waals surface area contributed by atoms with Gasteiger partial charge in [0.15, 0.2) is 5.78 Å². The Morgan fingerprint density at radius 3 is 1.78 bits per heavy atom. The Bertz CT molecular complexity index is 528. The quantitative estimate of drug-likeness (QED) is 0.115. The predicted octanol–water partition coefficient (Wildman–Crippen LogP) is 6.16. The molecule has 3 N–H and O–H groups in total. The summed E-state index contributed by atoms with van der Waals surface area (Å²) in [6.45, 7) is 7.15. The Hall–Kier alpha value is -1.24. The van der Waals surface area contributed by atoms with Gasteiger partial charge in [-0.1, -0.05) is 70.4 Å². The van der Waals surface area contributed by atoms with Crippen molar-refractivity contribution in [2.45, 2.75) is 129 Å². The number of Topliss-reactive ketones (excluding diaryl/α,β-unsaturated/α-hetero) is 1. The minimum absolute atomic E-state index is 0.0173. The first-order valence-electron chi connectivity index (χ1n) is 12.6. The number of carbonyl (C=O) groups excluding carboxylic acids is 1. The second-order valence-electron chi connectivity index (χ2n) is 9.38. The van der Waals surface area contributed by atoms with Gasteiger partial charge in [0, 0.05) is 6.42 Å². The fourth-order valence-corrected chi connectivity index (χ4v) is 3.35. The number of allylic oxidation sites excluding steroid dienone is 2. The van der Waals surface area contributed by atoms with Crippen molar-refractivity contribution in [3.05, 3.63) is 12.2 Å². The molecule has 32 heavy (non-hydrogen) atoms. The standard InChI is InChI=1S/C26H49NO5/c1-5-6-7-8-9-10-11-12-13-14-15-16-17-18-19-20-23(28)25(2,3)31-21-22-32-26(4,27)24(29)30/h12-13H,5-11,14-22,27H2,1-4H3,(H,29,30)/b13-12-. The van der Waals surface area contributed by atoms with Crippen LogP contribution < -0.4 is 5.73 Å². The normalized spacial score (nSPS) is 14.0. The Morgan fingerprint density at radius 1 is 0.781 bits per heavy atom. The maximum absolute atomic E-state index is 12.4. The molecule has 0 heterocycles. The molecule has 0 radical (unpaired) electrons. The Balaban J connectivity index is 3.66. The summed E-state index contributed by atoms with van der Waals surface area (Å²) in [4.78, 5) is 23.3. The molecule has 0 aromatic rings. The number of ketones is 1. The first-order chi connectivity index (χ1) is 15.1. The van der Waals surface area contributed by atoms with E-state index in [9.17, 15) is 9.59 Å². The van der Waals surface area contributed by atoms with E-state index in [1.807, 2.05) is 0 Å². The number of unbranched alkanes of at least 4 members (excludes halogenated alkanes) is 11. The van der Waals surface area contributed by atoms with Crippen molar-refractivity contribution in [3.63, 3.8) is 0 Å². The van der Waals surface area contributed by atoms with E-state index in [0.29, 0.717) is 6.42 Å². The highest BCUT2D eigenvalue weighted by atomic mass is 16.6. The van der Waals surface area contributed by atoms with E-state index < -0.39 is 17.3 Å². The summed E-state index contributed by atoms with van der Waals surface area (Å²) >= 11 is 0. The third-order valence-electron chi connectivity index (χ3n) is 5.71. The monoisotopic (exact) mass is 455 g/mol. The zero-order valence-corrected chi connectivity index (χ0v) is 21.1. The van der Waals surface area contributed by atoms with Gasteiger partial charge in [-0.25, -0.2) is 4.79 Å². The molecule has 0 rings (SSSR count). The Labute approximate surface area is 196 Å². The Morgan fingerprint density at radius 2 is 1.25 bits per heavy atom. The van der Waals surface area contributed by atoms with Crippen LogP contribution in [0.3, 0.4) is 0 Å². The molecule has 188 valence electrons. The van der Waals surface area contributed by atoms with Crippen molar-refractivity contribution >= 4 is 11.8 Å². The van der Waals surface area contributed by atoms with E-state index in [1.165, 1.54) is 64.7 Å². The summed E-state index contributed by atoms with van der Waals surface area (Å²) in [5.41, 5.74) is 2.84. The molecule has 0 fully saturated rings. The lowest BCUT2D eigenvalue weighted by atomic mass is 9.97. The molecule has 0 aliphatic carbocycles. The molecule has 0 aromatic heterocycles. The highest BCUT2D eigenvalue weighted by Gasteiger charge is 2.30. The summed E-state index contributed by atoms with van der Waals surface area (Å²) in [5, 5.41) is 8.90. The summed E-state index contributed by atoms with van der Waals surface area (Å²) in [5.74, 6) is -1.18. The highest BCUT2D eigenvalue weighted by molar-refractivity contribution is 5.86. The van der Waals surface area contributed by atoms with E-state index in [4.69, 9.17) is 20.3 Å². The average Bonchev–Trinajstić information content (AvgIpc) is 2.73. The molecule has 0 aliphatic rings. The van der Waals surface area contributed by atoms with Gasteiger partial charge in [0.25, 0.3) is 0 Å². The number of ether oxygens (including phenoxy) is 2. The van der Waals surface area contributed by atoms with Crippen LogP contribution in [0.4, 0.5) is 0 Å². The highest BCUT2D eigenvalue weighted by Crippen LogP contribution is 2.17. The van der Waals surface area contributed by atoms with Crippen LogP contribution in [-0.4, -0.2) is 41.4 Å². The van der Waals surface area contributed by atoms with Gasteiger partial charge in [0.2, 0.25) is 5.72 Å². The van der Waals surface area contributed by atoms with Gasteiger partial charge >= 0.3 is 5.97 Å². The summed E-state index contributed by atoms with van der Waals surface area (Å²) in [6.07, 6.45) is 21.1. The van der Waals surface area contributed by atoms with E-state index in [0.717, 1.165) is 25.7 Å². The van der Waals surface area contributed by atoms with Crippen LogP contribution >= 0.6 is 0 Å². The minimum atomic E-state index is -1.75. The van der Waals surface area contributed by atoms with Gasteiger partial charge in [-0.3, -0.25) is 10.5 Å². The first kappa shape index (κ1) is 30.8. The van der Waals surface area contributed by atoms with E-state index >= 15 is 0 Å². The SMILES string of the molecule is CCCCCCCC/C=C\CCCCCCCC(=O)C(C)(C)OCCOC(C)(N)C(=O)O. The van der Waals surface area contributed by atoms with Gasteiger partial charge in [0.05, 0.1) is 13.2 Å². The summed E-state index contributed by atoms with van der Waals surface area (Å²) < 4.78 is 10.7. The number of hydrogen-bond donors (Lipinski definition) is 2. The molecule has 0 saturated heterocycles. The topological polar surface area (TPSA) is 98.9 Å². The van der Waals surface area contributed by atoms with Crippen LogP contribution in [0.25, 0.3) is 0 Å². The number of carboxylic acids is 1. The predicted molar refractivity (Wildman–Crippen MR) is 131 cm³/mol. The molecule has 0 saturated carbocycles. The van der Waals surface area contributed by atoms with Crippen molar-refractivity contribution in [1.29, 1.82) is 0 Å².